The van der Waals surface area contributed by atoms with Crippen LogP contribution in [0.15, 0.2) is 24.0 Å². The Bertz CT molecular complexity index is 1260. The van der Waals surface area contributed by atoms with Gasteiger partial charge in [0.05, 0.1) is 17.4 Å². The van der Waals surface area contributed by atoms with E-state index in [1.807, 2.05) is 27.0 Å². The Kier molecular flexibility index (Phi) is 7.74. The highest BCUT2D eigenvalue weighted by Crippen LogP contribution is 2.64. The van der Waals surface area contributed by atoms with E-state index in [0.29, 0.717) is 19.3 Å². The quantitative estimate of drug-likeness (QED) is 0.335. The maximum atomic E-state index is 13.6. The lowest BCUT2D eigenvalue weighted by atomic mass is 9.50. The van der Waals surface area contributed by atoms with Crippen molar-refractivity contribution in [3.05, 3.63) is 40.7 Å². The second-order valence-corrected chi connectivity index (χ2v) is 13.1. The molecule has 1 N–H and O–H groups in total. The number of rotatable bonds is 9. The molecule has 1 spiro atoms. The van der Waals surface area contributed by atoms with Crippen molar-refractivity contribution in [1.29, 1.82) is 0 Å². The maximum absolute atomic E-state index is 13.6. The standard InChI is InChI=1S/C32H43NO8/c1-7-8-9-10-21(34)18-23(39-29(36)41-30(3,4)5)28(35)38-22-13-14-32(37)24-17-20-12-11-19(2)26-25(20)31(32,27(22)40-26)15-16-33(24)6/h11-13,23-24,27,37H,7-10,14-18H2,1-6H3/t23-,24+,27-,31-,32+/m0/s1. The number of aliphatic hydroxyl groups is 1. The predicted molar refractivity (Wildman–Crippen MR) is 151 cm³/mol. The number of likely N-dealkylation sites (N-methyl/N-ethyl adjacent to an activating group) is 1. The molecule has 4 aliphatic rings. The van der Waals surface area contributed by atoms with E-state index in [1.54, 1.807) is 26.8 Å². The molecule has 2 aliphatic carbocycles. The monoisotopic (exact) mass is 569 g/mol. The number of hydrogen-bond donors (Lipinski definition) is 1. The lowest BCUT2D eigenvalue weighted by Gasteiger charge is -2.61. The van der Waals surface area contributed by atoms with E-state index in [4.69, 9.17) is 18.9 Å². The Hall–Kier alpha value is -2.91. The first-order valence-electron chi connectivity index (χ1n) is 14.9. The van der Waals surface area contributed by atoms with Crippen LogP contribution in [0, 0.1) is 6.92 Å². The molecule has 0 unspecified atom stereocenters. The Labute approximate surface area is 242 Å². The van der Waals surface area contributed by atoms with Gasteiger partial charge in [-0.1, -0.05) is 31.9 Å². The summed E-state index contributed by atoms with van der Waals surface area (Å²) >= 11 is 0. The summed E-state index contributed by atoms with van der Waals surface area (Å²) in [4.78, 5) is 41.1. The fourth-order valence-corrected chi connectivity index (χ4v) is 7.21. The summed E-state index contributed by atoms with van der Waals surface area (Å²) in [7, 11) is 2.04. The molecular weight excluding hydrogens is 526 g/mol. The van der Waals surface area contributed by atoms with E-state index >= 15 is 0 Å². The molecule has 0 amide bonds. The average Bonchev–Trinajstić information content (AvgIpc) is 3.24. The molecular formula is C32H43NO8. The highest BCUT2D eigenvalue weighted by atomic mass is 16.7. The zero-order valence-corrected chi connectivity index (χ0v) is 25.1. The number of carbonyl (C=O) groups is 3. The minimum absolute atomic E-state index is 0.110. The van der Waals surface area contributed by atoms with E-state index in [1.165, 1.54) is 0 Å². The van der Waals surface area contributed by atoms with Gasteiger partial charge in [0, 0.05) is 24.4 Å². The van der Waals surface area contributed by atoms with Gasteiger partial charge < -0.3 is 29.0 Å². The summed E-state index contributed by atoms with van der Waals surface area (Å²) in [6.45, 7) is 9.85. The lowest BCUT2D eigenvalue weighted by molar-refractivity contribution is -0.173. The van der Waals surface area contributed by atoms with Crippen molar-refractivity contribution in [2.45, 2.75) is 121 Å². The molecule has 2 aliphatic heterocycles. The zero-order valence-electron chi connectivity index (χ0n) is 25.1. The fourth-order valence-electron chi connectivity index (χ4n) is 7.21. The van der Waals surface area contributed by atoms with Gasteiger partial charge in [-0.3, -0.25) is 4.79 Å². The van der Waals surface area contributed by atoms with Crippen LogP contribution in [0.25, 0.3) is 0 Å². The number of ether oxygens (including phenoxy) is 4. The number of benzene rings is 1. The minimum Gasteiger partial charge on any atom is -0.481 e. The molecule has 1 aromatic rings. The van der Waals surface area contributed by atoms with Crippen molar-refractivity contribution < 1.29 is 38.4 Å². The number of aryl methyl sites for hydroxylation is 1. The average molecular weight is 570 g/mol. The van der Waals surface area contributed by atoms with Gasteiger partial charge in [-0.2, -0.15) is 0 Å². The third-order valence-electron chi connectivity index (χ3n) is 9.15. The van der Waals surface area contributed by atoms with Crippen LogP contribution in [0.5, 0.6) is 5.75 Å². The molecule has 0 saturated carbocycles. The first kappa shape index (κ1) is 29.6. The number of carbonyl (C=O) groups excluding carboxylic acids is 3. The number of Topliss-reactive ketones (excluding diaryl/α,β-unsaturated/α-hetero) is 1. The molecule has 2 heterocycles. The van der Waals surface area contributed by atoms with Crippen LogP contribution >= 0.6 is 0 Å². The molecule has 1 saturated heterocycles. The second-order valence-electron chi connectivity index (χ2n) is 13.1. The number of nitrogens with zero attached hydrogens (tertiary/aromatic N) is 1. The molecule has 1 aromatic carbocycles. The van der Waals surface area contributed by atoms with Gasteiger partial charge >= 0.3 is 12.1 Å². The van der Waals surface area contributed by atoms with Crippen LogP contribution in [0.3, 0.4) is 0 Å². The largest absolute Gasteiger partial charge is 0.509 e. The van der Waals surface area contributed by atoms with Crippen LogP contribution in [0.1, 0.15) is 89.3 Å². The van der Waals surface area contributed by atoms with Gasteiger partial charge in [-0.05, 0) is 77.8 Å². The highest BCUT2D eigenvalue weighted by Gasteiger charge is 2.71. The van der Waals surface area contributed by atoms with E-state index in [9.17, 15) is 19.5 Å². The van der Waals surface area contributed by atoms with Gasteiger partial charge in [0.1, 0.15) is 22.9 Å². The van der Waals surface area contributed by atoms with Gasteiger partial charge in [-0.15, -0.1) is 0 Å². The SMILES string of the molecule is CCCCCC(=O)C[C@H](OC(=O)OC(C)(C)C)C(=O)OC1=CC[C@@]2(O)[C@H]3Cc4ccc(C)c5c4[C@@]2(CCN3C)[C@H]1O5. The molecule has 0 radical (unpaired) electrons. The molecule has 0 aromatic heterocycles. The number of unbranched alkanes of at least 4 members (excludes halogenated alkanes) is 2. The maximum Gasteiger partial charge on any atom is 0.509 e. The van der Waals surface area contributed by atoms with Crippen molar-refractivity contribution in [2.75, 3.05) is 13.6 Å². The van der Waals surface area contributed by atoms with Crippen LogP contribution < -0.4 is 4.74 Å². The first-order chi connectivity index (χ1) is 19.3. The minimum atomic E-state index is -1.46. The molecule has 9 heteroatoms. The summed E-state index contributed by atoms with van der Waals surface area (Å²) < 4.78 is 23.2. The van der Waals surface area contributed by atoms with Gasteiger partial charge in [0.2, 0.25) is 6.10 Å². The number of ketones is 1. The number of likely N-dealkylation sites (tertiary alicyclic amines) is 1. The van der Waals surface area contributed by atoms with Crippen LogP contribution in [-0.4, -0.2) is 71.0 Å². The number of hydrogen-bond acceptors (Lipinski definition) is 9. The Morgan fingerprint density at radius 2 is 1.98 bits per heavy atom. The van der Waals surface area contributed by atoms with E-state index < -0.39 is 40.9 Å². The summed E-state index contributed by atoms with van der Waals surface area (Å²) in [5.74, 6) is -0.0255. The normalized spacial score (nSPS) is 28.6. The first-order valence-corrected chi connectivity index (χ1v) is 14.9. The Morgan fingerprint density at radius 1 is 1.22 bits per heavy atom. The van der Waals surface area contributed by atoms with Crippen molar-refractivity contribution in [1.82, 2.24) is 4.90 Å². The molecule has 5 rings (SSSR count). The Balaban J connectivity index is 1.43. The van der Waals surface area contributed by atoms with Gasteiger partial charge in [0.15, 0.2) is 6.10 Å². The third kappa shape index (κ3) is 5.05. The van der Waals surface area contributed by atoms with E-state index in [2.05, 4.69) is 11.0 Å². The van der Waals surface area contributed by atoms with Crippen LogP contribution in [-0.2, 0) is 35.6 Å². The molecule has 224 valence electrons. The zero-order chi connectivity index (χ0) is 29.7. The second kappa shape index (κ2) is 10.7. The number of esters is 1. The van der Waals surface area contributed by atoms with Gasteiger partial charge in [-0.25, -0.2) is 9.59 Å². The van der Waals surface area contributed by atoms with Crippen molar-refractivity contribution in [3.63, 3.8) is 0 Å². The molecule has 1 fully saturated rings. The summed E-state index contributed by atoms with van der Waals surface area (Å²) in [5, 5.41) is 12.3. The topological polar surface area (TPSA) is 112 Å². The lowest BCUT2D eigenvalue weighted by Crippen LogP contribution is -2.74. The number of piperidine rings is 1. The molecule has 2 bridgehead atoms. The van der Waals surface area contributed by atoms with Crippen LogP contribution in [0.2, 0.25) is 0 Å². The third-order valence-corrected chi connectivity index (χ3v) is 9.15. The summed E-state index contributed by atoms with van der Waals surface area (Å²) in [6, 6.07) is 4.04. The highest BCUT2D eigenvalue weighted by molar-refractivity contribution is 5.87. The summed E-state index contributed by atoms with van der Waals surface area (Å²) in [5.41, 5.74) is 0.405. The van der Waals surface area contributed by atoms with E-state index in [-0.39, 0.29) is 36.8 Å². The van der Waals surface area contributed by atoms with Gasteiger partial charge in [0.25, 0.3) is 0 Å². The summed E-state index contributed by atoms with van der Waals surface area (Å²) in [6.07, 6.45) is 2.66. The van der Waals surface area contributed by atoms with Crippen LogP contribution in [0.4, 0.5) is 4.79 Å². The van der Waals surface area contributed by atoms with Crippen molar-refractivity contribution in [2.24, 2.45) is 0 Å². The fraction of sp³-hybridized carbons (Fsp3) is 0.656. The smallest absolute Gasteiger partial charge is 0.481 e. The molecule has 9 nitrogen and oxygen atoms in total. The molecule has 5 atom stereocenters. The van der Waals surface area contributed by atoms with Crippen molar-refractivity contribution in [3.8, 4) is 5.75 Å². The predicted octanol–water partition coefficient (Wildman–Crippen LogP) is 4.68. The van der Waals surface area contributed by atoms with Crippen molar-refractivity contribution >= 4 is 17.9 Å². The van der Waals surface area contributed by atoms with E-state index in [0.717, 1.165) is 41.8 Å². The Morgan fingerprint density at radius 3 is 2.68 bits per heavy atom. The molecule has 41 heavy (non-hydrogen) atoms.